The molecule has 0 unspecified atom stereocenters. The zero-order valence-electron chi connectivity index (χ0n) is 15.0. The van der Waals surface area contributed by atoms with Gasteiger partial charge < -0.3 is 14.2 Å². The summed E-state index contributed by atoms with van der Waals surface area (Å²) < 4.78 is 7.43. The molecule has 0 aliphatic carbocycles. The lowest BCUT2D eigenvalue weighted by Crippen LogP contribution is -2.42. The Balaban J connectivity index is 1.67. The van der Waals surface area contributed by atoms with Crippen LogP contribution < -0.4 is 0 Å². The molecule has 2 heterocycles. The maximum absolute atomic E-state index is 12.8. The van der Waals surface area contributed by atoms with Crippen LogP contribution >= 0.6 is 0 Å². The molecule has 1 amide bonds. The van der Waals surface area contributed by atoms with Crippen molar-refractivity contribution in [2.75, 3.05) is 26.3 Å². The van der Waals surface area contributed by atoms with Gasteiger partial charge in [0.05, 0.1) is 24.2 Å². The second-order valence-electron chi connectivity index (χ2n) is 6.70. The number of para-hydroxylation sites is 2. The molecule has 0 atom stereocenters. The van der Waals surface area contributed by atoms with E-state index in [1.54, 1.807) is 0 Å². The lowest BCUT2D eigenvalue weighted by molar-refractivity contribution is -0.135. The number of morpholine rings is 1. The monoisotopic (exact) mass is 349 g/mol. The van der Waals surface area contributed by atoms with Crippen LogP contribution in [-0.4, -0.2) is 46.7 Å². The Bertz CT molecular complexity index is 926. The largest absolute Gasteiger partial charge is 0.378 e. The number of carbonyl (C=O) groups is 1. The number of aryl methyl sites for hydroxylation is 1. The highest BCUT2D eigenvalue weighted by molar-refractivity contribution is 5.81. The molecule has 1 fully saturated rings. The van der Waals surface area contributed by atoms with Crippen molar-refractivity contribution in [3.05, 3.63) is 65.5 Å². The molecule has 2 aromatic carbocycles. The first-order valence-corrected chi connectivity index (χ1v) is 9.06. The quantitative estimate of drug-likeness (QED) is 0.728. The van der Waals surface area contributed by atoms with Crippen LogP contribution in [-0.2, 0) is 22.5 Å². The van der Waals surface area contributed by atoms with Crippen LogP contribution in [0.3, 0.4) is 0 Å². The minimum atomic E-state index is 0.127. The van der Waals surface area contributed by atoms with E-state index in [1.165, 1.54) is 11.1 Å². The van der Waals surface area contributed by atoms with Crippen LogP contribution in [0.25, 0.3) is 11.0 Å². The number of ether oxygens (including phenoxy) is 1. The van der Waals surface area contributed by atoms with Crippen LogP contribution in [0.5, 0.6) is 0 Å². The molecule has 0 N–H and O–H groups in total. The second-order valence-corrected chi connectivity index (χ2v) is 6.70. The molecule has 5 heteroatoms. The minimum absolute atomic E-state index is 0.127. The predicted molar refractivity (Wildman–Crippen MR) is 101 cm³/mol. The van der Waals surface area contributed by atoms with Crippen molar-refractivity contribution in [1.82, 2.24) is 14.5 Å². The minimum Gasteiger partial charge on any atom is -0.378 e. The van der Waals surface area contributed by atoms with Gasteiger partial charge in [0.25, 0.3) is 0 Å². The van der Waals surface area contributed by atoms with Gasteiger partial charge in [-0.15, -0.1) is 0 Å². The fourth-order valence-corrected chi connectivity index (χ4v) is 3.46. The third kappa shape index (κ3) is 3.35. The smallest absolute Gasteiger partial charge is 0.242 e. The SMILES string of the molecule is Cc1ccccc1Cc1nc2ccccc2n1CC(=O)N1CCOCC1. The van der Waals surface area contributed by atoms with Crippen LogP contribution in [0.2, 0.25) is 0 Å². The number of amides is 1. The molecule has 3 aromatic rings. The van der Waals surface area contributed by atoms with Gasteiger partial charge in [0, 0.05) is 19.5 Å². The maximum atomic E-state index is 12.8. The summed E-state index contributed by atoms with van der Waals surface area (Å²) in [5, 5.41) is 0. The fourth-order valence-electron chi connectivity index (χ4n) is 3.46. The van der Waals surface area contributed by atoms with Crippen molar-refractivity contribution in [2.45, 2.75) is 19.9 Å². The summed E-state index contributed by atoms with van der Waals surface area (Å²) in [4.78, 5) is 19.5. The van der Waals surface area contributed by atoms with E-state index in [0.717, 1.165) is 23.3 Å². The molecular formula is C21H23N3O2. The first-order chi connectivity index (χ1) is 12.7. The Kier molecular flexibility index (Phi) is 4.71. The third-order valence-corrected chi connectivity index (χ3v) is 5.00. The number of hydrogen-bond donors (Lipinski definition) is 0. The fraction of sp³-hybridized carbons (Fsp3) is 0.333. The van der Waals surface area contributed by atoms with E-state index in [4.69, 9.17) is 9.72 Å². The van der Waals surface area contributed by atoms with Gasteiger partial charge in [0.15, 0.2) is 0 Å². The molecule has 0 spiro atoms. The molecule has 1 aliphatic heterocycles. The van der Waals surface area contributed by atoms with Gasteiger partial charge in [0.1, 0.15) is 12.4 Å². The summed E-state index contributed by atoms with van der Waals surface area (Å²) >= 11 is 0. The molecular weight excluding hydrogens is 326 g/mol. The van der Waals surface area contributed by atoms with Crippen LogP contribution in [0.1, 0.15) is 17.0 Å². The number of rotatable bonds is 4. The Morgan fingerprint density at radius 3 is 2.62 bits per heavy atom. The normalized spacial score (nSPS) is 14.7. The standard InChI is InChI=1S/C21H23N3O2/c1-16-6-2-3-7-17(16)14-20-22-18-8-4-5-9-19(18)24(20)15-21(25)23-10-12-26-13-11-23/h2-9H,10-15H2,1H3. The van der Waals surface area contributed by atoms with Gasteiger partial charge in [-0.25, -0.2) is 4.98 Å². The average Bonchev–Trinajstić information content (AvgIpc) is 3.01. The highest BCUT2D eigenvalue weighted by atomic mass is 16.5. The predicted octanol–water partition coefficient (Wildman–Crippen LogP) is 2.79. The van der Waals surface area contributed by atoms with Crippen LogP contribution in [0, 0.1) is 6.92 Å². The summed E-state index contributed by atoms with van der Waals surface area (Å²) in [6.07, 6.45) is 0.720. The first-order valence-electron chi connectivity index (χ1n) is 9.06. The van der Waals surface area contributed by atoms with Crippen molar-refractivity contribution in [1.29, 1.82) is 0 Å². The van der Waals surface area contributed by atoms with Crippen molar-refractivity contribution in [2.24, 2.45) is 0 Å². The molecule has 1 aromatic heterocycles. The highest BCUT2D eigenvalue weighted by Gasteiger charge is 2.20. The van der Waals surface area contributed by atoms with E-state index in [1.807, 2.05) is 41.3 Å². The number of carbonyl (C=O) groups excluding carboxylic acids is 1. The van der Waals surface area contributed by atoms with Crippen molar-refractivity contribution in [3.63, 3.8) is 0 Å². The van der Waals surface area contributed by atoms with Gasteiger partial charge in [-0.2, -0.15) is 0 Å². The van der Waals surface area contributed by atoms with Crippen molar-refractivity contribution in [3.8, 4) is 0 Å². The Hall–Kier alpha value is -2.66. The van der Waals surface area contributed by atoms with E-state index in [-0.39, 0.29) is 5.91 Å². The lowest BCUT2D eigenvalue weighted by Gasteiger charge is -2.27. The van der Waals surface area contributed by atoms with Crippen molar-refractivity contribution < 1.29 is 9.53 Å². The summed E-state index contributed by atoms with van der Waals surface area (Å²) in [5.74, 6) is 1.06. The van der Waals surface area contributed by atoms with E-state index >= 15 is 0 Å². The van der Waals surface area contributed by atoms with E-state index in [2.05, 4.69) is 23.6 Å². The zero-order valence-corrected chi connectivity index (χ0v) is 15.0. The van der Waals surface area contributed by atoms with Crippen molar-refractivity contribution >= 4 is 16.9 Å². The Morgan fingerprint density at radius 2 is 1.81 bits per heavy atom. The summed E-state index contributed by atoms with van der Waals surface area (Å²) in [7, 11) is 0. The number of fused-ring (bicyclic) bond motifs is 1. The molecule has 1 saturated heterocycles. The molecule has 0 saturated carbocycles. The molecule has 0 bridgehead atoms. The number of nitrogens with zero attached hydrogens (tertiary/aromatic N) is 3. The summed E-state index contributed by atoms with van der Waals surface area (Å²) in [6, 6.07) is 16.4. The zero-order chi connectivity index (χ0) is 17.9. The topological polar surface area (TPSA) is 47.4 Å². The van der Waals surface area contributed by atoms with Gasteiger partial charge in [-0.3, -0.25) is 4.79 Å². The lowest BCUT2D eigenvalue weighted by atomic mass is 10.1. The molecule has 134 valence electrons. The van der Waals surface area contributed by atoms with E-state index in [0.29, 0.717) is 32.8 Å². The first kappa shape index (κ1) is 16.8. The molecule has 1 aliphatic rings. The molecule has 26 heavy (non-hydrogen) atoms. The molecule has 5 nitrogen and oxygen atoms in total. The van der Waals surface area contributed by atoms with Crippen LogP contribution in [0.15, 0.2) is 48.5 Å². The maximum Gasteiger partial charge on any atom is 0.242 e. The van der Waals surface area contributed by atoms with E-state index < -0.39 is 0 Å². The number of hydrogen-bond acceptors (Lipinski definition) is 3. The van der Waals surface area contributed by atoms with E-state index in [9.17, 15) is 4.79 Å². The molecule has 4 rings (SSSR count). The molecule has 0 radical (unpaired) electrons. The number of imidazole rings is 1. The Labute approximate surface area is 153 Å². The van der Waals surface area contributed by atoms with Gasteiger partial charge >= 0.3 is 0 Å². The van der Waals surface area contributed by atoms with Crippen LogP contribution in [0.4, 0.5) is 0 Å². The number of benzene rings is 2. The number of aromatic nitrogens is 2. The summed E-state index contributed by atoms with van der Waals surface area (Å²) in [6.45, 7) is 5.00. The van der Waals surface area contributed by atoms with Gasteiger partial charge in [-0.1, -0.05) is 36.4 Å². The third-order valence-electron chi connectivity index (χ3n) is 5.00. The second kappa shape index (κ2) is 7.30. The summed E-state index contributed by atoms with van der Waals surface area (Å²) in [5.41, 5.74) is 4.43. The van der Waals surface area contributed by atoms with Gasteiger partial charge in [-0.05, 0) is 30.2 Å². The van der Waals surface area contributed by atoms with Gasteiger partial charge in [0.2, 0.25) is 5.91 Å². The Morgan fingerprint density at radius 1 is 1.08 bits per heavy atom. The highest BCUT2D eigenvalue weighted by Crippen LogP contribution is 2.20. The average molecular weight is 349 g/mol.